The number of aliphatic imine (C=N–C) groups is 2. The van der Waals surface area contributed by atoms with Gasteiger partial charge >= 0.3 is 0 Å². The van der Waals surface area contributed by atoms with Gasteiger partial charge in [-0.05, 0) is 31.2 Å². The molecule has 0 saturated carbocycles. The predicted molar refractivity (Wildman–Crippen MR) is 91.3 cm³/mol. The zero-order valence-corrected chi connectivity index (χ0v) is 12.5. The first-order valence-corrected chi connectivity index (χ1v) is 6.93. The van der Waals surface area contributed by atoms with E-state index in [2.05, 4.69) is 15.0 Å². The lowest BCUT2D eigenvalue weighted by Gasteiger charge is -1.96. The van der Waals surface area contributed by atoms with Crippen LogP contribution in [0.1, 0.15) is 5.56 Å². The van der Waals surface area contributed by atoms with Crippen LogP contribution in [0.15, 0.2) is 56.9 Å². The lowest BCUT2D eigenvalue weighted by Crippen LogP contribution is -2.26. The molecule has 0 saturated heterocycles. The highest BCUT2D eigenvalue weighted by atomic mass is 16.3. The zero-order chi connectivity index (χ0) is 16.4. The molecule has 0 fully saturated rings. The molecule has 0 spiro atoms. The van der Waals surface area contributed by atoms with Gasteiger partial charge in [0.1, 0.15) is 5.52 Å². The Morgan fingerprint density at radius 2 is 1.78 bits per heavy atom. The van der Waals surface area contributed by atoms with Gasteiger partial charge in [-0.2, -0.15) is 4.99 Å². The molecular formula is C16H16N6O. The Labute approximate surface area is 132 Å². The number of hydrogen-bond acceptors (Lipinski definition) is 3. The van der Waals surface area contributed by atoms with Gasteiger partial charge in [0.25, 0.3) is 0 Å². The summed E-state index contributed by atoms with van der Waals surface area (Å²) in [5.41, 5.74) is 20.1. The molecule has 0 unspecified atom stereocenters. The summed E-state index contributed by atoms with van der Waals surface area (Å²) in [6, 6.07) is 13.3. The van der Waals surface area contributed by atoms with Crippen molar-refractivity contribution in [2.24, 2.45) is 27.2 Å². The molecule has 3 rings (SSSR count). The Morgan fingerprint density at radius 1 is 1.04 bits per heavy atom. The van der Waals surface area contributed by atoms with Crippen molar-refractivity contribution in [2.45, 2.75) is 6.92 Å². The predicted octanol–water partition coefficient (Wildman–Crippen LogP) is 2.02. The maximum Gasteiger partial charge on any atom is 0.227 e. The van der Waals surface area contributed by atoms with Gasteiger partial charge in [0, 0.05) is 11.6 Å². The van der Waals surface area contributed by atoms with Crippen molar-refractivity contribution in [1.29, 1.82) is 0 Å². The van der Waals surface area contributed by atoms with Gasteiger partial charge in [0.2, 0.25) is 11.9 Å². The number of nitrogens with two attached hydrogens (primary N) is 3. The van der Waals surface area contributed by atoms with E-state index in [-0.39, 0.29) is 11.9 Å². The normalized spacial score (nSPS) is 11.6. The maximum atomic E-state index is 5.79. The molecule has 23 heavy (non-hydrogen) atoms. The van der Waals surface area contributed by atoms with Gasteiger partial charge in [0.05, 0.1) is 5.69 Å². The summed E-state index contributed by atoms with van der Waals surface area (Å²) in [4.78, 5) is 12.2. The molecule has 0 aliphatic carbocycles. The van der Waals surface area contributed by atoms with Gasteiger partial charge in [0.15, 0.2) is 11.5 Å². The fourth-order valence-electron chi connectivity index (χ4n) is 2.09. The summed E-state index contributed by atoms with van der Waals surface area (Å²) in [5, 5.41) is 0. The minimum atomic E-state index is -0.145. The minimum Gasteiger partial charge on any atom is -0.436 e. The quantitative estimate of drug-likeness (QED) is 0.492. The third-order valence-corrected chi connectivity index (χ3v) is 3.16. The van der Waals surface area contributed by atoms with Gasteiger partial charge in [-0.3, -0.25) is 0 Å². The Hall–Kier alpha value is -3.35. The van der Waals surface area contributed by atoms with Gasteiger partial charge in [-0.1, -0.05) is 17.7 Å². The topological polar surface area (TPSA) is 129 Å². The number of aryl methyl sites for hydroxylation is 1. The average molecular weight is 308 g/mol. The van der Waals surface area contributed by atoms with E-state index >= 15 is 0 Å². The van der Waals surface area contributed by atoms with Crippen LogP contribution in [-0.4, -0.2) is 16.9 Å². The molecule has 116 valence electrons. The van der Waals surface area contributed by atoms with Crippen LogP contribution in [0.2, 0.25) is 0 Å². The number of rotatable bonds is 2. The number of hydrogen-bond donors (Lipinski definition) is 3. The van der Waals surface area contributed by atoms with E-state index in [1.54, 1.807) is 18.2 Å². The summed E-state index contributed by atoms with van der Waals surface area (Å²) < 4.78 is 5.79. The summed E-state index contributed by atoms with van der Waals surface area (Å²) in [5.74, 6) is 0.384. The van der Waals surface area contributed by atoms with Crippen LogP contribution in [-0.2, 0) is 0 Å². The number of aromatic nitrogens is 1. The van der Waals surface area contributed by atoms with Gasteiger partial charge in [-0.15, -0.1) is 0 Å². The van der Waals surface area contributed by atoms with E-state index in [1.165, 1.54) is 5.56 Å². The number of fused-ring (bicyclic) bond motifs is 1. The summed E-state index contributed by atoms with van der Waals surface area (Å²) >= 11 is 0. The highest BCUT2D eigenvalue weighted by molar-refractivity contribution is 5.94. The first kappa shape index (κ1) is 14.6. The molecule has 0 amide bonds. The molecule has 0 bridgehead atoms. The molecule has 0 radical (unpaired) electrons. The van der Waals surface area contributed by atoms with E-state index in [4.69, 9.17) is 21.6 Å². The fourth-order valence-corrected chi connectivity index (χ4v) is 2.09. The molecule has 1 aromatic heterocycles. The van der Waals surface area contributed by atoms with Crippen molar-refractivity contribution in [3.63, 3.8) is 0 Å². The van der Waals surface area contributed by atoms with Crippen LogP contribution >= 0.6 is 0 Å². The maximum absolute atomic E-state index is 5.79. The van der Waals surface area contributed by atoms with E-state index in [0.29, 0.717) is 17.2 Å². The van der Waals surface area contributed by atoms with Crippen LogP contribution in [0.25, 0.3) is 22.6 Å². The van der Waals surface area contributed by atoms with Crippen LogP contribution in [0.5, 0.6) is 0 Å². The van der Waals surface area contributed by atoms with Gasteiger partial charge < -0.3 is 21.6 Å². The fraction of sp³-hybridized carbons (Fsp3) is 0.0625. The van der Waals surface area contributed by atoms with Crippen molar-refractivity contribution >= 4 is 28.7 Å². The highest BCUT2D eigenvalue weighted by Gasteiger charge is 2.08. The molecule has 0 aliphatic heterocycles. The van der Waals surface area contributed by atoms with Crippen molar-refractivity contribution in [2.75, 3.05) is 0 Å². The summed E-state index contributed by atoms with van der Waals surface area (Å²) in [6.45, 7) is 2.03. The third kappa shape index (κ3) is 3.29. The van der Waals surface area contributed by atoms with Crippen LogP contribution in [0.3, 0.4) is 0 Å². The number of guanidine groups is 2. The average Bonchev–Trinajstić information content (AvgIpc) is 2.90. The number of benzene rings is 2. The van der Waals surface area contributed by atoms with Gasteiger partial charge in [-0.25, -0.2) is 9.98 Å². The largest absolute Gasteiger partial charge is 0.436 e. The molecule has 2 aromatic carbocycles. The van der Waals surface area contributed by atoms with E-state index in [9.17, 15) is 0 Å². The molecule has 7 heteroatoms. The van der Waals surface area contributed by atoms with Crippen molar-refractivity contribution < 1.29 is 4.42 Å². The zero-order valence-electron chi connectivity index (χ0n) is 12.5. The molecule has 0 aliphatic rings. The molecule has 1 heterocycles. The number of nitrogens with zero attached hydrogens (tertiary/aromatic N) is 3. The monoisotopic (exact) mass is 308 g/mol. The first-order chi connectivity index (χ1) is 11.0. The second-order valence-corrected chi connectivity index (χ2v) is 5.04. The third-order valence-electron chi connectivity index (χ3n) is 3.16. The van der Waals surface area contributed by atoms with E-state index in [0.717, 1.165) is 11.1 Å². The SMILES string of the molecule is Cc1ccc(-c2nc3ccc(N=C(N)N=C(N)N)cc3o2)cc1. The highest BCUT2D eigenvalue weighted by Crippen LogP contribution is 2.27. The molecule has 7 nitrogen and oxygen atoms in total. The minimum absolute atomic E-state index is 0.0253. The van der Waals surface area contributed by atoms with Crippen LogP contribution in [0, 0.1) is 6.92 Å². The van der Waals surface area contributed by atoms with Crippen LogP contribution in [0.4, 0.5) is 5.69 Å². The van der Waals surface area contributed by atoms with Crippen LogP contribution < -0.4 is 17.2 Å². The van der Waals surface area contributed by atoms with Crippen molar-refractivity contribution in [3.05, 3.63) is 48.0 Å². The first-order valence-electron chi connectivity index (χ1n) is 6.93. The Balaban J connectivity index is 1.98. The second-order valence-electron chi connectivity index (χ2n) is 5.04. The van der Waals surface area contributed by atoms with Crippen molar-refractivity contribution in [1.82, 2.24) is 4.98 Å². The summed E-state index contributed by atoms with van der Waals surface area (Å²) in [7, 11) is 0. The molecule has 0 atom stereocenters. The number of oxazole rings is 1. The lowest BCUT2D eigenvalue weighted by atomic mass is 10.1. The standard InChI is InChI=1S/C16H16N6O/c1-9-2-4-10(5-3-9)14-21-12-7-6-11(8-13(12)23-14)20-16(19)22-15(17)18/h2-8H,1H3,(H6,17,18,19,20,22). The Kier molecular flexibility index (Phi) is 3.68. The summed E-state index contributed by atoms with van der Waals surface area (Å²) in [6.07, 6.45) is 0. The smallest absolute Gasteiger partial charge is 0.227 e. The molecule has 3 aromatic rings. The lowest BCUT2D eigenvalue weighted by molar-refractivity contribution is 0.620. The van der Waals surface area contributed by atoms with Crippen molar-refractivity contribution in [3.8, 4) is 11.5 Å². The van der Waals surface area contributed by atoms with E-state index in [1.807, 2.05) is 31.2 Å². The Bertz CT molecular complexity index is 904. The molecular weight excluding hydrogens is 292 g/mol. The molecule has 6 N–H and O–H groups in total. The Morgan fingerprint density at radius 3 is 2.48 bits per heavy atom. The second kappa shape index (κ2) is 5.80. The van der Waals surface area contributed by atoms with E-state index < -0.39 is 0 Å².